The van der Waals surface area contributed by atoms with Crippen LogP contribution in [0.15, 0.2) is 21.3 Å². The standard InChI is InChI=1S/C17H15F4N3O2/c1-24-4-2-8(3-5-24)12-7-11(25)9-6-10(18)13-14(15(9)26-12)23-16(22-13)17(19,20)21/h6-8H,2-5H2,1H3,(H,22,23). The topological polar surface area (TPSA) is 62.1 Å². The van der Waals surface area contributed by atoms with E-state index in [1.54, 1.807) is 0 Å². The number of hydrogen-bond acceptors (Lipinski definition) is 4. The molecule has 1 aromatic carbocycles. The fourth-order valence-corrected chi connectivity index (χ4v) is 3.38. The van der Waals surface area contributed by atoms with Gasteiger partial charge in [0.05, 0.1) is 5.39 Å². The van der Waals surface area contributed by atoms with Gasteiger partial charge in [0.2, 0.25) is 5.82 Å². The zero-order valence-corrected chi connectivity index (χ0v) is 13.8. The molecule has 0 unspecified atom stereocenters. The molecule has 0 bridgehead atoms. The molecule has 2 aromatic heterocycles. The Morgan fingerprint density at radius 3 is 2.62 bits per heavy atom. The maximum absolute atomic E-state index is 14.2. The van der Waals surface area contributed by atoms with Gasteiger partial charge < -0.3 is 14.3 Å². The molecule has 9 heteroatoms. The van der Waals surface area contributed by atoms with E-state index in [-0.39, 0.29) is 22.4 Å². The molecule has 0 amide bonds. The summed E-state index contributed by atoms with van der Waals surface area (Å²) in [5.41, 5.74) is -1.32. The monoisotopic (exact) mass is 369 g/mol. The summed E-state index contributed by atoms with van der Waals surface area (Å²) in [5.74, 6) is -1.93. The Bertz CT molecular complexity index is 1050. The van der Waals surface area contributed by atoms with Crippen molar-refractivity contribution in [3.05, 3.63) is 39.8 Å². The lowest BCUT2D eigenvalue weighted by Gasteiger charge is -2.28. The first kappa shape index (κ1) is 17.0. The number of aromatic amines is 1. The van der Waals surface area contributed by atoms with E-state index in [4.69, 9.17) is 4.42 Å². The van der Waals surface area contributed by atoms with Crippen LogP contribution in [0, 0.1) is 5.82 Å². The number of rotatable bonds is 1. The molecule has 0 aliphatic carbocycles. The Labute approximate surface area is 144 Å². The highest BCUT2D eigenvalue weighted by Gasteiger charge is 2.36. The summed E-state index contributed by atoms with van der Waals surface area (Å²) in [4.78, 5) is 19.9. The predicted molar refractivity (Wildman–Crippen MR) is 86.6 cm³/mol. The van der Waals surface area contributed by atoms with E-state index < -0.39 is 28.8 Å². The van der Waals surface area contributed by atoms with Crippen molar-refractivity contribution in [2.24, 2.45) is 0 Å². The summed E-state index contributed by atoms with van der Waals surface area (Å²) in [5, 5.41) is -0.107. The molecule has 4 rings (SSSR count). The second kappa shape index (κ2) is 5.80. The van der Waals surface area contributed by atoms with Gasteiger partial charge in [0.15, 0.2) is 16.8 Å². The Kier molecular flexibility index (Phi) is 3.80. The number of fused-ring (bicyclic) bond motifs is 3. The molecule has 1 N–H and O–H groups in total. The van der Waals surface area contributed by atoms with E-state index in [9.17, 15) is 22.4 Å². The summed E-state index contributed by atoms with van der Waals surface area (Å²) in [6, 6.07) is 2.19. The number of nitrogens with one attached hydrogen (secondary N) is 1. The van der Waals surface area contributed by atoms with Crippen molar-refractivity contribution in [3.63, 3.8) is 0 Å². The summed E-state index contributed by atoms with van der Waals surface area (Å²) < 4.78 is 58.7. The van der Waals surface area contributed by atoms with Gasteiger partial charge in [0.1, 0.15) is 16.8 Å². The third-order valence-corrected chi connectivity index (χ3v) is 4.82. The van der Waals surface area contributed by atoms with Crippen LogP contribution in [0.3, 0.4) is 0 Å². The smallest absolute Gasteiger partial charge is 0.449 e. The highest BCUT2D eigenvalue weighted by Crippen LogP contribution is 2.34. The Hall–Kier alpha value is -2.42. The van der Waals surface area contributed by atoms with E-state index >= 15 is 0 Å². The number of imidazole rings is 1. The van der Waals surface area contributed by atoms with Crippen LogP contribution >= 0.6 is 0 Å². The largest absolute Gasteiger partial charge is 0.458 e. The fourth-order valence-electron chi connectivity index (χ4n) is 3.38. The molecule has 0 radical (unpaired) electrons. The molecule has 0 spiro atoms. The average Bonchev–Trinajstić information content (AvgIpc) is 3.03. The number of H-pyrrole nitrogens is 1. The molecule has 0 atom stereocenters. The lowest BCUT2D eigenvalue weighted by atomic mass is 9.94. The highest BCUT2D eigenvalue weighted by molar-refractivity contribution is 6.00. The molecule has 1 saturated heterocycles. The highest BCUT2D eigenvalue weighted by atomic mass is 19.4. The van der Waals surface area contributed by atoms with Crippen LogP contribution in [0.25, 0.3) is 22.0 Å². The van der Waals surface area contributed by atoms with Crippen molar-refractivity contribution in [1.82, 2.24) is 14.9 Å². The molecule has 26 heavy (non-hydrogen) atoms. The van der Waals surface area contributed by atoms with Crippen molar-refractivity contribution in [2.45, 2.75) is 24.9 Å². The first-order chi connectivity index (χ1) is 12.2. The Morgan fingerprint density at radius 2 is 1.96 bits per heavy atom. The lowest BCUT2D eigenvalue weighted by Crippen LogP contribution is -2.29. The maximum atomic E-state index is 14.2. The van der Waals surface area contributed by atoms with Gasteiger partial charge in [0, 0.05) is 12.0 Å². The van der Waals surface area contributed by atoms with Crippen molar-refractivity contribution in [2.75, 3.05) is 20.1 Å². The normalized spacial score (nSPS) is 17.4. The van der Waals surface area contributed by atoms with Crippen LogP contribution in [-0.4, -0.2) is 35.0 Å². The van der Waals surface area contributed by atoms with Gasteiger partial charge in [-0.3, -0.25) is 4.79 Å². The second-order valence-electron chi connectivity index (χ2n) is 6.63. The first-order valence-electron chi connectivity index (χ1n) is 8.16. The van der Waals surface area contributed by atoms with Gasteiger partial charge in [-0.2, -0.15) is 13.2 Å². The number of halogens is 4. The van der Waals surface area contributed by atoms with Gasteiger partial charge in [-0.05, 0) is 39.0 Å². The number of alkyl halides is 3. The molecule has 0 saturated carbocycles. The molecular formula is C17H15F4N3O2. The number of likely N-dealkylation sites (tertiary alicyclic amines) is 1. The van der Waals surface area contributed by atoms with E-state index in [0.29, 0.717) is 5.76 Å². The molecular weight excluding hydrogens is 354 g/mol. The number of nitrogens with zero attached hydrogens (tertiary/aromatic N) is 2. The minimum absolute atomic E-state index is 0.00610. The van der Waals surface area contributed by atoms with E-state index in [0.717, 1.165) is 32.0 Å². The minimum Gasteiger partial charge on any atom is -0.458 e. The minimum atomic E-state index is -4.76. The van der Waals surface area contributed by atoms with Crippen LogP contribution in [0.4, 0.5) is 17.6 Å². The van der Waals surface area contributed by atoms with E-state index in [1.807, 2.05) is 7.05 Å². The zero-order valence-electron chi connectivity index (χ0n) is 13.8. The van der Waals surface area contributed by atoms with Gasteiger partial charge in [-0.25, -0.2) is 9.37 Å². The van der Waals surface area contributed by atoms with Gasteiger partial charge in [-0.15, -0.1) is 0 Å². The lowest BCUT2D eigenvalue weighted by molar-refractivity contribution is -0.144. The van der Waals surface area contributed by atoms with Gasteiger partial charge >= 0.3 is 6.18 Å². The predicted octanol–water partition coefficient (Wildman–Crippen LogP) is 3.64. The van der Waals surface area contributed by atoms with Crippen molar-refractivity contribution in [1.29, 1.82) is 0 Å². The third-order valence-electron chi connectivity index (χ3n) is 4.82. The molecule has 5 nitrogen and oxygen atoms in total. The number of hydrogen-bond donors (Lipinski definition) is 1. The fraction of sp³-hybridized carbons (Fsp3) is 0.412. The van der Waals surface area contributed by atoms with Crippen LogP contribution in [-0.2, 0) is 6.18 Å². The Morgan fingerprint density at radius 1 is 1.27 bits per heavy atom. The van der Waals surface area contributed by atoms with Gasteiger partial charge in [-0.1, -0.05) is 0 Å². The Balaban J connectivity index is 1.93. The quantitative estimate of drug-likeness (QED) is 0.666. The van der Waals surface area contributed by atoms with Crippen LogP contribution in [0.5, 0.6) is 0 Å². The first-order valence-corrected chi connectivity index (χ1v) is 8.16. The van der Waals surface area contributed by atoms with Crippen LogP contribution in [0.2, 0.25) is 0 Å². The van der Waals surface area contributed by atoms with E-state index in [1.165, 1.54) is 6.07 Å². The maximum Gasteiger partial charge on any atom is 0.449 e. The van der Waals surface area contributed by atoms with Gasteiger partial charge in [0.25, 0.3) is 0 Å². The average molecular weight is 369 g/mol. The molecule has 1 fully saturated rings. The third kappa shape index (κ3) is 2.76. The van der Waals surface area contributed by atoms with Crippen molar-refractivity contribution >= 4 is 22.0 Å². The number of aromatic nitrogens is 2. The summed E-state index contributed by atoms with van der Waals surface area (Å²) in [6.45, 7) is 1.65. The van der Waals surface area contributed by atoms with Crippen LogP contribution in [0.1, 0.15) is 30.3 Å². The van der Waals surface area contributed by atoms with E-state index in [2.05, 4.69) is 14.9 Å². The zero-order chi connectivity index (χ0) is 18.6. The summed E-state index contributed by atoms with van der Waals surface area (Å²) >= 11 is 0. The summed E-state index contributed by atoms with van der Waals surface area (Å²) in [7, 11) is 1.99. The van der Waals surface area contributed by atoms with Crippen molar-refractivity contribution in [3.8, 4) is 0 Å². The SMILES string of the molecule is CN1CCC(c2cc(=O)c3cc(F)c4nc(C(F)(F)F)[nH]c4c3o2)CC1. The molecule has 1 aliphatic rings. The number of benzene rings is 1. The molecule has 138 valence electrons. The van der Waals surface area contributed by atoms with Crippen LogP contribution < -0.4 is 5.43 Å². The second-order valence-corrected chi connectivity index (χ2v) is 6.63. The van der Waals surface area contributed by atoms with Crippen molar-refractivity contribution < 1.29 is 22.0 Å². The number of piperidine rings is 1. The molecule has 3 aromatic rings. The molecule has 3 heterocycles. The molecule has 1 aliphatic heterocycles. The summed E-state index contributed by atoms with van der Waals surface area (Å²) in [6.07, 6.45) is -3.22.